The summed E-state index contributed by atoms with van der Waals surface area (Å²) in [7, 11) is 0. The molecule has 1 heteroatoms. The Labute approximate surface area is 62.8 Å². The van der Waals surface area contributed by atoms with Gasteiger partial charge in [0.05, 0.1) is 0 Å². The van der Waals surface area contributed by atoms with Crippen LogP contribution in [0.4, 0.5) is 0 Å². The predicted molar refractivity (Wildman–Crippen MR) is 44.9 cm³/mol. The molecule has 1 aliphatic carbocycles. The van der Waals surface area contributed by atoms with E-state index >= 15 is 0 Å². The van der Waals surface area contributed by atoms with Gasteiger partial charge < -0.3 is 0 Å². The van der Waals surface area contributed by atoms with Gasteiger partial charge in [-0.05, 0) is 25.2 Å². The average molecular weight is 142 g/mol. The highest BCUT2D eigenvalue weighted by molar-refractivity contribution is 7.81. The Bertz CT molecular complexity index is 98.7. The van der Waals surface area contributed by atoms with Crippen LogP contribution in [0, 0.1) is 5.92 Å². The summed E-state index contributed by atoms with van der Waals surface area (Å²) in [5, 5.41) is 0.656. The van der Waals surface area contributed by atoms with E-state index in [0.717, 1.165) is 12.3 Å². The van der Waals surface area contributed by atoms with E-state index in [1.54, 1.807) is 0 Å². The van der Waals surface area contributed by atoms with E-state index in [-0.39, 0.29) is 0 Å². The van der Waals surface area contributed by atoms with Crippen molar-refractivity contribution in [1.82, 2.24) is 0 Å². The van der Waals surface area contributed by atoms with Gasteiger partial charge in [-0.1, -0.05) is 12.5 Å². The number of allylic oxidation sites excluding steroid dienone is 1. The second-order valence-electron chi connectivity index (χ2n) is 2.78. The van der Waals surface area contributed by atoms with Crippen molar-refractivity contribution in [3.05, 3.63) is 12.7 Å². The molecule has 2 unspecified atom stereocenters. The lowest BCUT2D eigenvalue weighted by atomic mass is 10.0. The average Bonchev–Trinajstić information content (AvgIpc) is 2.18. The molecular formula is C8H14S. The maximum absolute atomic E-state index is 4.47. The summed E-state index contributed by atoms with van der Waals surface area (Å²) < 4.78 is 0. The fourth-order valence-electron chi connectivity index (χ4n) is 1.51. The van der Waals surface area contributed by atoms with Crippen molar-refractivity contribution in [2.75, 3.05) is 0 Å². The molecule has 0 bridgehead atoms. The van der Waals surface area contributed by atoms with Gasteiger partial charge in [0.15, 0.2) is 0 Å². The van der Waals surface area contributed by atoms with Gasteiger partial charge in [0.2, 0.25) is 0 Å². The van der Waals surface area contributed by atoms with Gasteiger partial charge in [0, 0.05) is 5.25 Å². The van der Waals surface area contributed by atoms with Crippen molar-refractivity contribution in [2.24, 2.45) is 5.92 Å². The zero-order valence-electron chi connectivity index (χ0n) is 5.71. The molecule has 0 radical (unpaired) electrons. The standard InChI is InChI=1S/C8H14S/c1-2-4-7-5-3-6-8(7)9/h2,7-9H,1,3-6H2. The highest BCUT2D eigenvalue weighted by Gasteiger charge is 2.22. The van der Waals surface area contributed by atoms with Gasteiger partial charge in [-0.25, -0.2) is 0 Å². The Morgan fingerprint density at radius 3 is 2.78 bits per heavy atom. The minimum absolute atomic E-state index is 0.656. The third-order valence-corrected chi connectivity index (χ3v) is 2.77. The quantitative estimate of drug-likeness (QED) is 0.445. The van der Waals surface area contributed by atoms with Gasteiger partial charge in [0.25, 0.3) is 0 Å². The second kappa shape index (κ2) is 3.31. The molecular weight excluding hydrogens is 128 g/mol. The van der Waals surface area contributed by atoms with Crippen LogP contribution in [0.2, 0.25) is 0 Å². The minimum Gasteiger partial charge on any atom is -0.176 e. The molecule has 0 aliphatic heterocycles. The summed E-state index contributed by atoms with van der Waals surface area (Å²) in [5.41, 5.74) is 0. The molecule has 0 heterocycles. The Morgan fingerprint density at radius 1 is 1.56 bits per heavy atom. The van der Waals surface area contributed by atoms with Crippen molar-refractivity contribution in [3.63, 3.8) is 0 Å². The molecule has 1 fully saturated rings. The van der Waals surface area contributed by atoms with Crippen LogP contribution in [-0.4, -0.2) is 5.25 Å². The summed E-state index contributed by atoms with van der Waals surface area (Å²) in [6.07, 6.45) is 7.21. The summed E-state index contributed by atoms with van der Waals surface area (Å²) in [6, 6.07) is 0. The van der Waals surface area contributed by atoms with Crippen molar-refractivity contribution < 1.29 is 0 Å². The van der Waals surface area contributed by atoms with Gasteiger partial charge in [-0.3, -0.25) is 0 Å². The van der Waals surface area contributed by atoms with Crippen LogP contribution in [-0.2, 0) is 0 Å². The molecule has 1 rings (SSSR count). The molecule has 52 valence electrons. The van der Waals surface area contributed by atoms with Gasteiger partial charge >= 0.3 is 0 Å². The topological polar surface area (TPSA) is 0 Å². The fourth-order valence-corrected chi connectivity index (χ4v) is 1.96. The number of thiol groups is 1. The summed E-state index contributed by atoms with van der Waals surface area (Å²) in [5.74, 6) is 0.825. The summed E-state index contributed by atoms with van der Waals surface area (Å²) in [6.45, 7) is 3.72. The van der Waals surface area contributed by atoms with Crippen molar-refractivity contribution >= 4 is 12.6 Å². The molecule has 1 aliphatic rings. The normalized spacial score (nSPS) is 34.8. The molecule has 1 saturated carbocycles. The third kappa shape index (κ3) is 1.75. The first-order valence-corrected chi connectivity index (χ1v) is 4.15. The zero-order chi connectivity index (χ0) is 6.69. The number of hydrogen-bond donors (Lipinski definition) is 1. The first-order valence-electron chi connectivity index (χ1n) is 3.63. The van der Waals surface area contributed by atoms with Crippen molar-refractivity contribution in [1.29, 1.82) is 0 Å². The largest absolute Gasteiger partial charge is 0.176 e. The highest BCUT2D eigenvalue weighted by atomic mass is 32.1. The van der Waals surface area contributed by atoms with Crippen LogP contribution in [0.3, 0.4) is 0 Å². The lowest BCUT2D eigenvalue weighted by Gasteiger charge is -2.10. The van der Waals surface area contributed by atoms with Gasteiger partial charge in [-0.15, -0.1) is 6.58 Å². The third-order valence-electron chi connectivity index (χ3n) is 2.09. The predicted octanol–water partition coefficient (Wildman–Crippen LogP) is 2.66. The molecule has 0 spiro atoms. The second-order valence-corrected chi connectivity index (χ2v) is 3.45. The first-order chi connectivity index (χ1) is 4.34. The van der Waals surface area contributed by atoms with E-state index in [2.05, 4.69) is 19.2 Å². The molecule has 9 heavy (non-hydrogen) atoms. The van der Waals surface area contributed by atoms with E-state index in [9.17, 15) is 0 Å². The highest BCUT2D eigenvalue weighted by Crippen LogP contribution is 2.32. The molecule has 0 N–H and O–H groups in total. The fraction of sp³-hybridized carbons (Fsp3) is 0.750. The van der Waals surface area contributed by atoms with Crippen LogP contribution in [0.5, 0.6) is 0 Å². The maximum atomic E-state index is 4.47. The van der Waals surface area contributed by atoms with E-state index in [4.69, 9.17) is 0 Å². The Morgan fingerprint density at radius 2 is 2.33 bits per heavy atom. The maximum Gasteiger partial charge on any atom is 0.00480 e. The zero-order valence-corrected chi connectivity index (χ0v) is 6.61. The van der Waals surface area contributed by atoms with Crippen molar-refractivity contribution in [3.8, 4) is 0 Å². The lowest BCUT2D eigenvalue weighted by Crippen LogP contribution is -2.04. The van der Waals surface area contributed by atoms with Crippen LogP contribution >= 0.6 is 12.6 Å². The molecule has 0 aromatic rings. The van der Waals surface area contributed by atoms with Crippen LogP contribution < -0.4 is 0 Å². The van der Waals surface area contributed by atoms with Gasteiger partial charge in [0.1, 0.15) is 0 Å². The monoisotopic (exact) mass is 142 g/mol. The first kappa shape index (κ1) is 7.20. The van der Waals surface area contributed by atoms with Crippen LogP contribution in [0.15, 0.2) is 12.7 Å². The van der Waals surface area contributed by atoms with Gasteiger partial charge in [-0.2, -0.15) is 12.6 Å². The SMILES string of the molecule is C=CCC1CCCC1S. The molecule has 0 nitrogen and oxygen atoms in total. The minimum atomic E-state index is 0.656. The summed E-state index contributed by atoms with van der Waals surface area (Å²) in [4.78, 5) is 0. The Hall–Kier alpha value is 0.0900. The van der Waals surface area contributed by atoms with Crippen molar-refractivity contribution in [2.45, 2.75) is 30.9 Å². The van der Waals surface area contributed by atoms with E-state index in [1.807, 2.05) is 6.08 Å². The summed E-state index contributed by atoms with van der Waals surface area (Å²) >= 11 is 4.47. The Kier molecular flexibility index (Phi) is 2.65. The number of rotatable bonds is 2. The van der Waals surface area contributed by atoms with Crippen LogP contribution in [0.1, 0.15) is 25.7 Å². The van der Waals surface area contributed by atoms with E-state index in [1.165, 1.54) is 19.3 Å². The molecule has 2 atom stereocenters. The van der Waals surface area contributed by atoms with Crippen LogP contribution in [0.25, 0.3) is 0 Å². The molecule has 0 saturated heterocycles. The molecule has 0 amide bonds. The molecule has 0 aromatic carbocycles. The van der Waals surface area contributed by atoms with E-state index in [0.29, 0.717) is 5.25 Å². The molecule has 0 aromatic heterocycles. The Balaban J connectivity index is 2.30. The smallest absolute Gasteiger partial charge is 0.00480 e. The lowest BCUT2D eigenvalue weighted by molar-refractivity contribution is 0.572. The van der Waals surface area contributed by atoms with E-state index < -0.39 is 0 Å². The number of hydrogen-bond acceptors (Lipinski definition) is 1.